The first-order chi connectivity index (χ1) is 13.0. The Hall–Kier alpha value is -2.85. The van der Waals surface area contributed by atoms with Gasteiger partial charge < -0.3 is 9.67 Å². The summed E-state index contributed by atoms with van der Waals surface area (Å²) in [5.41, 5.74) is 5.21. The van der Waals surface area contributed by atoms with Crippen molar-refractivity contribution in [2.45, 2.75) is 20.8 Å². The van der Waals surface area contributed by atoms with Gasteiger partial charge in [0, 0.05) is 24.7 Å². The van der Waals surface area contributed by atoms with Gasteiger partial charge in [0.15, 0.2) is 5.82 Å². The summed E-state index contributed by atoms with van der Waals surface area (Å²) >= 11 is 6.11. The number of aliphatic hydroxyl groups is 1. The molecule has 0 radical (unpaired) electrons. The number of nitrogens with one attached hydrogen (secondary N) is 1. The maximum Gasteiger partial charge on any atom is 0.155 e. The van der Waals surface area contributed by atoms with Crippen molar-refractivity contribution < 1.29 is 10.3 Å². The van der Waals surface area contributed by atoms with Crippen LogP contribution in [0.4, 0.5) is 5.69 Å². The molecule has 0 aliphatic carbocycles. The van der Waals surface area contributed by atoms with Crippen LogP contribution in [-0.4, -0.2) is 26.5 Å². The predicted molar refractivity (Wildman–Crippen MR) is 107 cm³/mol. The van der Waals surface area contributed by atoms with Crippen molar-refractivity contribution in [3.63, 3.8) is 0 Å². The summed E-state index contributed by atoms with van der Waals surface area (Å²) in [6.07, 6.45) is 3.78. The molecule has 0 saturated carbocycles. The lowest BCUT2D eigenvalue weighted by atomic mass is 10.2. The number of hydrogen-bond donors (Lipinski definition) is 3. The Labute approximate surface area is 164 Å². The second-order valence-electron chi connectivity index (χ2n) is 5.46. The van der Waals surface area contributed by atoms with Gasteiger partial charge in [-0.15, -0.1) is 0 Å². The zero-order chi connectivity index (χ0) is 20.2. The van der Waals surface area contributed by atoms with Crippen LogP contribution in [0, 0.1) is 25.2 Å². The Balaban J connectivity index is 0.000000246. The first kappa shape index (κ1) is 22.2. The van der Waals surface area contributed by atoms with Crippen molar-refractivity contribution in [3.05, 3.63) is 76.7 Å². The Morgan fingerprint density at radius 1 is 1.22 bits per heavy atom. The normalized spacial score (nSPS) is 9.22. The van der Waals surface area contributed by atoms with Gasteiger partial charge in [-0.1, -0.05) is 17.7 Å². The molecule has 0 fully saturated rings. The molecule has 0 bridgehead atoms. The fourth-order valence-corrected chi connectivity index (χ4v) is 2.38. The van der Waals surface area contributed by atoms with Gasteiger partial charge in [0.1, 0.15) is 0 Å². The highest BCUT2D eigenvalue weighted by Gasteiger charge is 2.05. The Morgan fingerprint density at radius 3 is 2.44 bits per heavy atom. The highest BCUT2D eigenvalue weighted by atomic mass is 35.5. The summed E-state index contributed by atoms with van der Waals surface area (Å²) in [7, 11) is 0. The largest absolute Gasteiger partial charge is 0.397 e. The van der Waals surface area contributed by atoms with E-state index in [9.17, 15) is 0 Å². The summed E-state index contributed by atoms with van der Waals surface area (Å²) in [5, 5.41) is 25.1. The fraction of sp³-hybridized carbons (Fsp3) is 0.200. The minimum atomic E-state index is 0.250. The summed E-state index contributed by atoms with van der Waals surface area (Å²) in [4.78, 5) is 4.31. The van der Waals surface area contributed by atoms with E-state index in [1.165, 1.54) is 0 Å². The van der Waals surface area contributed by atoms with Crippen LogP contribution in [-0.2, 0) is 0 Å². The molecular formula is C20H23ClN4O2. The van der Waals surface area contributed by atoms with Crippen LogP contribution in [0.1, 0.15) is 23.7 Å². The molecule has 0 amide bonds. The Bertz CT molecular complexity index is 888. The molecular weight excluding hydrogens is 364 g/mol. The highest BCUT2D eigenvalue weighted by Crippen LogP contribution is 2.20. The average molecular weight is 387 g/mol. The molecule has 3 rings (SSSR count). The predicted octanol–water partition coefficient (Wildman–Crippen LogP) is 4.50. The first-order valence-corrected chi connectivity index (χ1v) is 8.62. The maximum atomic E-state index is 8.40. The zero-order valence-electron chi connectivity index (χ0n) is 15.5. The number of nitriles is 1. The van der Waals surface area contributed by atoms with Crippen LogP contribution in [0.2, 0.25) is 5.02 Å². The molecule has 0 aliphatic heterocycles. The minimum Gasteiger partial charge on any atom is -0.397 e. The van der Waals surface area contributed by atoms with Crippen molar-refractivity contribution in [2.24, 2.45) is 0 Å². The van der Waals surface area contributed by atoms with E-state index in [1.54, 1.807) is 31.2 Å². The third kappa shape index (κ3) is 7.12. The number of anilines is 1. The van der Waals surface area contributed by atoms with Gasteiger partial charge in [0.2, 0.25) is 0 Å². The van der Waals surface area contributed by atoms with Gasteiger partial charge in [-0.05, 0) is 62.7 Å². The van der Waals surface area contributed by atoms with Gasteiger partial charge in [0.05, 0.1) is 22.3 Å². The molecule has 142 valence electrons. The minimum absolute atomic E-state index is 0.250. The number of nitrogens with zero attached hydrogens (tertiary/aromatic N) is 3. The van der Waals surface area contributed by atoms with Crippen LogP contribution in [0.15, 0.2) is 54.9 Å². The van der Waals surface area contributed by atoms with E-state index in [1.807, 2.05) is 60.6 Å². The van der Waals surface area contributed by atoms with Crippen molar-refractivity contribution in [2.75, 3.05) is 12.1 Å². The standard InChI is InChI=1S/C11H11ClN2.C7H6N2O.C2H6O/c1-8-6-10(12)11(13-7-8)14-5-3-4-9(14)2;8-5-6-2-1-3-7(4-6)9-10;1-2-3/h3-7H,1-2H3;1-4,9-10H;3H,2H2,1H3. The molecule has 27 heavy (non-hydrogen) atoms. The molecule has 2 heterocycles. The van der Waals surface area contributed by atoms with Crippen molar-refractivity contribution in [1.29, 1.82) is 5.26 Å². The third-order valence-electron chi connectivity index (χ3n) is 3.26. The first-order valence-electron chi connectivity index (χ1n) is 8.24. The monoisotopic (exact) mass is 386 g/mol. The molecule has 6 nitrogen and oxygen atoms in total. The highest BCUT2D eigenvalue weighted by molar-refractivity contribution is 6.32. The molecule has 0 aliphatic rings. The molecule has 0 spiro atoms. The number of hydrogen-bond acceptors (Lipinski definition) is 5. The van der Waals surface area contributed by atoms with E-state index < -0.39 is 0 Å². The van der Waals surface area contributed by atoms with Gasteiger partial charge in [-0.3, -0.25) is 10.7 Å². The van der Waals surface area contributed by atoms with Gasteiger partial charge in [-0.25, -0.2) is 4.98 Å². The quantitative estimate of drug-likeness (QED) is 0.563. The summed E-state index contributed by atoms with van der Waals surface area (Å²) in [6.45, 7) is 5.93. The molecule has 0 saturated heterocycles. The SMILES string of the molecule is CCO.Cc1cnc(-n2cccc2C)c(Cl)c1.N#Cc1cccc(NO)c1. The molecule has 3 aromatic rings. The summed E-state index contributed by atoms with van der Waals surface area (Å²) in [5.74, 6) is 0.791. The molecule has 1 aromatic carbocycles. The van der Waals surface area contributed by atoms with E-state index in [-0.39, 0.29) is 6.61 Å². The number of pyridine rings is 1. The van der Waals surface area contributed by atoms with Gasteiger partial charge >= 0.3 is 0 Å². The Morgan fingerprint density at radius 2 is 1.93 bits per heavy atom. The van der Waals surface area contributed by atoms with E-state index in [2.05, 4.69) is 4.98 Å². The van der Waals surface area contributed by atoms with E-state index in [0.717, 1.165) is 17.1 Å². The topological polar surface area (TPSA) is 94.1 Å². The van der Waals surface area contributed by atoms with Crippen LogP contribution in [0.25, 0.3) is 5.82 Å². The lowest BCUT2D eigenvalue weighted by Gasteiger charge is -2.07. The van der Waals surface area contributed by atoms with Crippen molar-refractivity contribution >= 4 is 17.3 Å². The average Bonchev–Trinajstić information content (AvgIpc) is 3.08. The number of halogens is 1. The molecule has 0 atom stereocenters. The number of aryl methyl sites for hydroxylation is 2. The third-order valence-corrected chi connectivity index (χ3v) is 3.54. The number of aromatic nitrogens is 2. The van der Waals surface area contributed by atoms with Gasteiger partial charge in [-0.2, -0.15) is 5.26 Å². The Kier molecular flexibility index (Phi) is 9.62. The van der Waals surface area contributed by atoms with Crippen LogP contribution < -0.4 is 5.48 Å². The number of rotatable bonds is 2. The van der Waals surface area contributed by atoms with Crippen molar-refractivity contribution in [3.8, 4) is 11.9 Å². The second kappa shape index (κ2) is 11.7. The van der Waals surface area contributed by atoms with Crippen LogP contribution in [0.5, 0.6) is 0 Å². The van der Waals surface area contributed by atoms with E-state index >= 15 is 0 Å². The lowest BCUT2D eigenvalue weighted by molar-refractivity contribution is 0.318. The summed E-state index contributed by atoms with van der Waals surface area (Å²) in [6, 6.07) is 14.5. The smallest absolute Gasteiger partial charge is 0.155 e. The maximum absolute atomic E-state index is 8.40. The second-order valence-corrected chi connectivity index (χ2v) is 5.87. The fourth-order valence-electron chi connectivity index (χ4n) is 2.07. The molecule has 0 unspecified atom stereocenters. The lowest BCUT2D eigenvalue weighted by Crippen LogP contribution is -1.98. The van der Waals surface area contributed by atoms with Crippen molar-refractivity contribution in [1.82, 2.24) is 9.55 Å². The summed E-state index contributed by atoms with van der Waals surface area (Å²) < 4.78 is 1.97. The molecule has 2 aromatic heterocycles. The van der Waals surface area contributed by atoms with Gasteiger partial charge in [0.25, 0.3) is 0 Å². The van der Waals surface area contributed by atoms with E-state index in [4.69, 9.17) is 27.2 Å². The molecule has 3 N–H and O–H groups in total. The van der Waals surface area contributed by atoms with Crippen LogP contribution >= 0.6 is 11.6 Å². The number of aliphatic hydroxyl groups excluding tert-OH is 1. The number of benzene rings is 1. The zero-order valence-corrected chi connectivity index (χ0v) is 16.3. The molecule has 7 heteroatoms. The van der Waals surface area contributed by atoms with Crippen LogP contribution in [0.3, 0.4) is 0 Å². The van der Waals surface area contributed by atoms with E-state index in [0.29, 0.717) is 16.3 Å².